The van der Waals surface area contributed by atoms with Gasteiger partial charge in [-0.25, -0.2) is 4.39 Å². The molecule has 0 aliphatic carbocycles. The lowest BCUT2D eigenvalue weighted by Crippen LogP contribution is -2.26. The fourth-order valence-electron chi connectivity index (χ4n) is 2.45. The maximum atomic E-state index is 14.1. The third-order valence-corrected chi connectivity index (χ3v) is 3.54. The molecular weight excluding hydrogens is 265 g/mol. The first-order valence-corrected chi connectivity index (χ1v) is 7.29. The predicted molar refractivity (Wildman–Crippen MR) is 84.0 cm³/mol. The summed E-state index contributed by atoms with van der Waals surface area (Å²) in [5.41, 5.74) is 1.99. The second kappa shape index (κ2) is 8.55. The lowest BCUT2D eigenvalue weighted by atomic mass is 9.91. The summed E-state index contributed by atoms with van der Waals surface area (Å²) >= 11 is 0. The van der Waals surface area contributed by atoms with E-state index in [0.29, 0.717) is 6.61 Å². The van der Waals surface area contributed by atoms with Crippen LogP contribution in [0.1, 0.15) is 17.0 Å². The molecule has 0 saturated heterocycles. The van der Waals surface area contributed by atoms with Gasteiger partial charge in [0.05, 0.1) is 6.61 Å². The number of ether oxygens (including phenoxy) is 1. The predicted octanol–water partition coefficient (Wildman–Crippen LogP) is 3.39. The summed E-state index contributed by atoms with van der Waals surface area (Å²) in [6, 6.07) is 17.2. The first-order chi connectivity index (χ1) is 10.3. The number of methoxy groups -OCH3 is 1. The molecule has 0 aliphatic heterocycles. The Morgan fingerprint density at radius 1 is 1.05 bits per heavy atom. The first kappa shape index (κ1) is 15.7. The topological polar surface area (TPSA) is 21.3 Å². The molecule has 0 aliphatic rings. The van der Waals surface area contributed by atoms with E-state index in [1.165, 1.54) is 11.6 Å². The van der Waals surface area contributed by atoms with Gasteiger partial charge >= 0.3 is 0 Å². The van der Waals surface area contributed by atoms with Crippen molar-refractivity contribution in [3.05, 3.63) is 71.5 Å². The van der Waals surface area contributed by atoms with Crippen LogP contribution in [0.2, 0.25) is 0 Å². The molecule has 0 amide bonds. The third kappa shape index (κ3) is 4.96. The minimum absolute atomic E-state index is 0.116. The summed E-state index contributed by atoms with van der Waals surface area (Å²) < 4.78 is 19.1. The lowest BCUT2D eigenvalue weighted by Gasteiger charge is -2.19. The molecule has 21 heavy (non-hydrogen) atoms. The molecule has 1 N–H and O–H groups in total. The van der Waals surface area contributed by atoms with Crippen LogP contribution in [0.4, 0.5) is 4.39 Å². The van der Waals surface area contributed by atoms with E-state index >= 15 is 0 Å². The van der Waals surface area contributed by atoms with Crippen LogP contribution in [0.25, 0.3) is 0 Å². The van der Waals surface area contributed by atoms with Gasteiger partial charge in [-0.3, -0.25) is 0 Å². The summed E-state index contributed by atoms with van der Waals surface area (Å²) in [6.45, 7) is 2.17. The van der Waals surface area contributed by atoms with Gasteiger partial charge in [-0.2, -0.15) is 0 Å². The van der Waals surface area contributed by atoms with E-state index in [0.717, 1.165) is 25.1 Å². The van der Waals surface area contributed by atoms with Crippen molar-refractivity contribution in [2.45, 2.75) is 12.3 Å². The Morgan fingerprint density at radius 3 is 2.48 bits per heavy atom. The second-order valence-corrected chi connectivity index (χ2v) is 5.11. The van der Waals surface area contributed by atoms with Gasteiger partial charge in [-0.1, -0.05) is 48.5 Å². The molecule has 0 radical (unpaired) electrons. The summed E-state index contributed by atoms with van der Waals surface area (Å²) in [5.74, 6) is -0.0163. The van der Waals surface area contributed by atoms with Crippen molar-refractivity contribution in [2.24, 2.45) is 0 Å². The molecule has 2 aromatic rings. The molecule has 0 fully saturated rings. The van der Waals surface area contributed by atoms with Crippen LogP contribution in [-0.2, 0) is 11.2 Å². The summed E-state index contributed by atoms with van der Waals surface area (Å²) in [4.78, 5) is 0. The van der Waals surface area contributed by atoms with Crippen molar-refractivity contribution in [1.82, 2.24) is 5.32 Å². The molecule has 0 saturated carbocycles. The number of nitrogens with one attached hydrogen (secondary N) is 1. The number of halogens is 1. The van der Waals surface area contributed by atoms with E-state index in [9.17, 15) is 4.39 Å². The number of hydrogen-bond donors (Lipinski definition) is 1. The Kier molecular flexibility index (Phi) is 6.38. The van der Waals surface area contributed by atoms with Gasteiger partial charge < -0.3 is 10.1 Å². The lowest BCUT2D eigenvalue weighted by molar-refractivity contribution is 0.199. The van der Waals surface area contributed by atoms with Gasteiger partial charge in [0.2, 0.25) is 0 Å². The molecule has 3 heteroatoms. The molecular formula is C18H22FNO. The summed E-state index contributed by atoms with van der Waals surface area (Å²) in [6.07, 6.45) is 0.821. The van der Waals surface area contributed by atoms with Crippen LogP contribution in [0.15, 0.2) is 54.6 Å². The molecule has 1 unspecified atom stereocenters. The van der Waals surface area contributed by atoms with E-state index in [1.807, 2.05) is 30.3 Å². The van der Waals surface area contributed by atoms with Gasteiger partial charge in [0.25, 0.3) is 0 Å². The maximum Gasteiger partial charge on any atom is 0.126 e. The molecule has 0 aromatic heterocycles. The Morgan fingerprint density at radius 2 is 1.76 bits per heavy atom. The maximum absolute atomic E-state index is 14.1. The molecule has 2 nitrogen and oxygen atoms in total. The van der Waals surface area contributed by atoms with Gasteiger partial charge in [0.15, 0.2) is 0 Å². The Labute approximate surface area is 126 Å². The summed E-state index contributed by atoms with van der Waals surface area (Å²) in [7, 11) is 1.68. The minimum atomic E-state index is -0.132. The molecule has 2 aromatic carbocycles. The van der Waals surface area contributed by atoms with Gasteiger partial charge in [-0.05, 0) is 23.6 Å². The molecule has 0 spiro atoms. The van der Waals surface area contributed by atoms with E-state index in [2.05, 4.69) is 17.4 Å². The van der Waals surface area contributed by atoms with Crippen LogP contribution in [-0.4, -0.2) is 26.8 Å². The summed E-state index contributed by atoms with van der Waals surface area (Å²) in [5, 5.41) is 3.34. The molecule has 0 heterocycles. The highest BCUT2D eigenvalue weighted by molar-refractivity contribution is 5.26. The molecule has 0 bridgehead atoms. The van der Waals surface area contributed by atoms with Crippen molar-refractivity contribution in [3.63, 3.8) is 0 Å². The highest BCUT2D eigenvalue weighted by Gasteiger charge is 2.15. The van der Waals surface area contributed by atoms with Crippen molar-refractivity contribution in [2.75, 3.05) is 26.8 Å². The van der Waals surface area contributed by atoms with Crippen molar-refractivity contribution < 1.29 is 9.13 Å². The van der Waals surface area contributed by atoms with Gasteiger partial charge in [-0.15, -0.1) is 0 Å². The zero-order chi connectivity index (χ0) is 14.9. The van der Waals surface area contributed by atoms with Crippen LogP contribution in [0.5, 0.6) is 0 Å². The molecule has 112 valence electrons. The van der Waals surface area contributed by atoms with E-state index in [1.54, 1.807) is 13.2 Å². The highest BCUT2D eigenvalue weighted by atomic mass is 19.1. The second-order valence-electron chi connectivity index (χ2n) is 5.11. The average Bonchev–Trinajstić information content (AvgIpc) is 2.52. The van der Waals surface area contributed by atoms with Crippen LogP contribution in [0, 0.1) is 5.82 Å². The van der Waals surface area contributed by atoms with Crippen molar-refractivity contribution >= 4 is 0 Å². The number of benzene rings is 2. The van der Waals surface area contributed by atoms with Crippen LogP contribution < -0.4 is 5.32 Å². The average molecular weight is 287 g/mol. The minimum Gasteiger partial charge on any atom is -0.383 e. The van der Waals surface area contributed by atoms with E-state index in [4.69, 9.17) is 4.74 Å². The standard InChI is InChI=1S/C18H22FNO/c1-21-12-11-20-14-16(13-15-7-3-2-4-8-15)17-9-5-6-10-18(17)19/h2-10,16,20H,11-14H2,1H3. The SMILES string of the molecule is COCCNCC(Cc1ccccc1)c1ccccc1F. The quantitative estimate of drug-likeness (QED) is 0.751. The van der Waals surface area contributed by atoms with Crippen LogP contribution >= 0.6 is 0 Å². The normalized spacial score (nSPS) is 12.3. The fourth-order valence-corrected chi connectivity index (χ4v) is 2.45. The molecule has 2 rings (SSSR count). The van der Waals surface area contributed by atoms with E-state index in [-0.39, 0.29) is 11.7 Å². The molecule has 1 atom stereocenters. The Hall–Kier alpha value is -1.71. The third-order valence-electron chi connectivity index (χ3n) is 3.54. The largest absolute Gasteiger partial charge is 0.383 e. The fraction of sp³-hybridized carbons (Fsp3) is 0.333. The number of rotatable bonds is 8. The smallest absolute Gasteiger partial charge is 0.126 e. The Balaban J connectivity index is 2.08. The van der Waals surface area contributed by atoms with Crippen molar-refractivity contribution in [3.8, 4) is 0 Å². The van der Waals surface area contributed by atoms with Gasteiger partial charge in [0, 0.05) is 26.1 Å². The highest BCUT2D eigenvalue weighted by Crippen LogP contribution is 2.23. The Bertz CT molecular complexity index is 530. The zero-order valence-corrected chi connectivity index (χ0v) is 12.4. The first-order valence-electron chi connectivity index (χ1n) is 7.29. The monoisotopic (exact) mass is 287 g/mol. The van der Waals surface area contributed by atoms with E-state index < -0.39 is 0 Å². The van der Waals surface area contributed by atoms with Crippen LogP contribution in [0.3, 0.4) is 0 Å². The van der Waals surface area contributed by atoms with Crippen molar-refractivity contribution in [1.29, 1.82) is 0 Å². The van der Waals surface area contributed by atoms with Gasteiger partial charge in [0.1, 0.15) is 5.82 Å². The zero-order valence-electron chi connectivity index (χ0n) is 12.4. The number of hydrogen-bond acceptors (Lipinski definition) is 2.